The molecule has 9 heteroatoms. The third kappa shape index (κ3) is 5.13. The van der Waals surface area contributed by atoms with Gasteiger partial charge in [-0.2, -0.15) is 0 Å². The fourth-order valence-corrected chi connectivity index (χ4v) is 2.98. The molecule has 0 saturated carbocycles. The van der Waals surface area contributed by atoms with E-state index in [0.717, 1.165) is 0 Å². The zero-order chi connectivity index (χ0) is 20.8. The van der Waals surface area contributed by atoms with Gasteiger partial charge < -0.3 is 24.6 Å². The molecule has 0 radical (unpaired) electrons. The maximum atomic E-state index is 12.6. The maximum Gasteiger partial charge on any atom is 0.409 e. The lowest BCUT2D eigenvalue weighted by molar-refractivity contribution is 0.102. The number of benzene rings is 1. The molecule has 2 aromatic rings. The zero-order valence-electron chi connectivity index (χ0n) is 16.8. The summed E-state index contributed by atoms with van der Waals surface area (Å²) in [6.45, 7) is 6.14. The number of carbonyl (C=O) groups excluding carboxylic acids is 2. The van der Waals surface area contributed by atoms with Gasteiger partial charge in [-0.15, -0.1) is 0 Å². The standard InChI is InChI=1S/C20H25N5O4/c1-4-29-20(27)25-11-9-24(10-12-25)19-21-14(2)13-17(23-19)18(26)22-15-5-7-16(28-3)8-6-15/h5-8,13H,4,9-12H2,1-3H3,(H,22,26). The molecule has 1 saturated heterocycles. The molecule has 1 N–H and O–H groups in total. The Labute approximate surface area is 169 Å². The number of piperazine rings is 1. The van der Waals surface area contributed by atoms with E-state index in [4.69, 9.17) is 9.47 Å². The predicted molar refractivity (Wildman–Crippen MR) is 109 cm³/mol. The predicted octanol–water partition coefficient (Wildman–Crippen LogP) is 2.32. The van der Waals surface area contributed by atoms with Crippen molar-refractivity contribution in [1.82, 2.24) is 14.9 Å². The van der Waals surface area contributed by atoms with Crippen molar-refractivity contribution in [2.24, 2.45) is 0 Å². The number of aromatic nitrogens is 2. The van der Waals surface area contributed by atoms with Gasteiger partial charge in [0.25, 0.3) is 5.91 Å². The van der Waals surface area contributed by atoms with Crippen LogP contribution in [0.1, 0.15) is 23.1 Å². The van der Waals surface area contributed by atoms with E-state index in [-0.39, 0.29) is 17.7 Å². The van der Waals surface area contributed by atoms with Gasteiger partial charge in [0.15, 0.2) is 0 Å². The van der Waals surface area contributed by atoms with E-state index < -0.39 is 0 Å². The maximum absolute atomic E-state index is 12.6. The molecule has 0 unspecified atom stereocenters. The van der Waals surface area contributed by atoms with Crippen molar-refractivity contribution in [2.45, 2.75) is 13.8 Å². The summed E-state index contributed by atoms with van der Waals surface area (Å²) in [6, 6.07) is 8.72. The lowest BCUT2D eigenvalue weighted by atomic mass is 10.2. The average Bonchev–Trinajstić information content (AvgIpc) is 2.74. The Balaban J connectivity index is 1.68. The van der Waals surface area contributed by atoms with Crippen LogP contribution in [0.4, 0.5) is 16.4 Å². The Morgan fingerprint density at radius 2 is 1.79 bits per heavy atom. The van der Waals surface area contributed by atoms with Crippen LogP contribution in [0.25, 0.3) is 0 Å². The van der Waals surface area contributed by atoms with Crippen molar-refractivity contribution in [3.63, 3.8) is 0 Å². The fraction of sp³-hybridized carbons (Fsp3) is 0.400. The van der Waals surface area contributed by atoms with E-state index in [1.54, 1.807) is 49.3 Å². The van der Waals surface area contributed by atoms with Gasteiger partial charge in [-0.25, -0.2) is 14.8 Å². The molecule has 0 spiro atoms. The molecule has 0 bridgehead atoms. The van der Waals surface area contributed by atoms with Gasteiger partial charge in [0.05, 0.1) is 13.7 Å². The summed E-state index contributed by atoms with van der Waals surface area (Å²) in [7, 11) is 1.59. The minimum atomic E-state index is -0.313. The number of carbonyl (C=O) groups is 2. The molecule has 0 aliphatic carbocycles. The largest absolute Gasteiger partial charge is 0.497 e. The van der Waals surface area contributed by atoms with E-state index in [1.165, 1.54) is 0 Å². The van der Waals surface area contributed by atoms with Crippen molar-refractivity contribution in [3.8, 4) is 5.75 Å². The number of nitrogens with one attached hydrogen (secondary N) is 1. The number of hydrogen-bond acceptors (Lipinski definition) is 7. The number of ether oxygens (including phenoxy) is 2. The molecule has 0 atom stereocenters. The number of hydrogen-bond donors (Lipinski definition) is 1. The van der Waals surface area contributed by atoms with Crippen LogP contribution in [-0.4, -0.2) is 66.8 Å². The molecule has 1 aromatic heterocycles. The highest BCUT2D eigenvalue weighted by Crippen LogP contribution is 2.17. The third-order valence-corrected chi connectivity index (χ3v) is 4.51. The number of methoxy groups -OCH3 is 1. The minimum absolute atomic E-state index is 0.288. The minimum Gasteiger partial charge on any atom is -0.497 e. The topological polar surface area (TPSA) is 96.9 Å². The second kappa shape index (κ2) is 9.22. The Morgan fingerprint density at radius 3 is 2.41 bits per heavy atom. The highest BCUT2D eigenvalue weighted by Gasteiger charge is 2.24. The zero-order valence-corrected chi connectivity index (χ0v) is 16.8. The molecule has 29 heavy (non-hydrogen) atoms. The van der Waals surface area contributed by atoms with Crippen molar-refractivity contribution >= 4 is 23.6 Å². The molecule has 2 heterocycles. The first kappa shape index (κ1) is 20.4. The highest BCUT2D eigenvalue weighted by atomic mass is 16.6. The molecule has 1 aliphatic rings. The van der Waals surface area contributed by atoms with Crippen LogP contribution in [0.5, 0.6) is 5.75 Å². The van der Waals surface area contributed by atoms with Crippen LogP contribution in [0.15, 0.2) is 30.3 Å². The van der Waals surface area contributed by atoms with Gasteiger partial charge in [0.2, 0.25) is 5.95 Å². The summed E-state index contributed by atoms with van der Waals surface area (Å²) >= 11 is 0. The smallest absolute Gasteiger partial charge is 0.409 e. The van der Waals surface area contributed by atoms with E-state index in [2.05, 4.69) is 15.3 Å². The number of aryl methyl sites for hydroxylation is 1. The first-order valence-corrected chi connectivity index (χ1v) is 9.48. The van der Waals surface area contributed by atoms with E-state index in [9.17, 15) is 9.59 Å². The summed E-state index contributed by atoms with van der Waals surface area (Å²) in [4.78, 5) is 37.0. The molecule has 1 aromatic carbocycles. The first-order chi connectivity index (χ1) is 14.0. The van der Waals surface area contributed by atoms with Crippen LogP contribution in [0.3, 0.4) is 0 Å². The summed E-state index contributed by atoms with van der Waals surface area (Å²) in [6.07, 6.45) is -0.308. The highest BCUT2D eigenvalue weighted by molar-refractivity contribution is 6.03. The fourth-order valence-electron chi connectivity index (χ4n) is 2.98. The quantitative estimate of drug-likeness (QED) is 0.824. The van der Waals surface area contributed by atoms with Crippen LogP contribution in [-0.2, 0) is 4.74 Å². The molecule has 1 aliphatic heterocycles. The normalized spacial score (nSPS) is 13.8. The average molecular weight is 399 g/mol. The first-order valence-electron chi connectivity index (χ1n) is 9.48. The third-order valence-electron chi connectivity index (χ3n) is 4.51. The molecular weight excluding hydrogens is 374 g/mol. The summed E-state index contributed by atoms with van der Waals surface area (Å²) < 4.78 is 10.2. The number of nitrogens with zero attached hydrogens (tertiary/aromatic N) is 4. The number of amides is 2. The lowest BCUT2D eigenvalue weighted by Crippen LogP contribution is -2.49. The molecule has 1 fully saturated rings. The van der Waals surface area contributed by atoms with Crippen LogP contribution in [0.2, 0.25) is 0 Å². The Hall–Kier alpha value is -3.36. The van der Waals surface area contributed by atoms with Crippen LogP contribution < -0.4 is 15.0 Å². The van der Waals surface area contributed by atoms with Gasteiger partial charge in [-0.05, 0) is 44.2 Å². The Kier molecular flexibility index (Phi) is 6.48. The molecular formula is C20H25N5O4. The lowest BCUT2D eigenvalue weighted by Gasteiger charge is -2.34. The van der Waals surface area contributed by atoms with Crippen molar-refractivity contribution in [1.29, 1.82) is 0 Å². The second-order valence-electron chi connectivity index (χ2n) is 6.55. The molecule has 2 amide bonds. The molecule has 154 valence electrons. The Bertz CT molecular complexity index is 864. The summed E-state index contributed by atoms with van der Waals surface area (Å²) in [5, 5.41) is 2.83. The van der Waals surface area contributed by atoms with Gasteiger partial charge in [-0.1, -0.05) is 0 Å². The summed E-state index contributed by atoms with van der Waals surface area (Å²) in [5.41, 5.74) is 1.63. The van der Waals surface area contributed by atoms with E-state index in [0.29, 0.717) is 55.9 Å². The van der Waals surface area contributed by atoms with Crippen LogP contribution >= 0.6 is 0 Å². The molecule has 9 nitrogen and oxygen atoms in total. The monoisotopic (exact) mass is 399 g/mol. The van der Waals surface area contributed by atoms with Gasteiger partial charge in [-0.3, -0.25) is 4.79 Å². The van der Waals surface area contributed by atoms with Gasteiger partial charge in [0.1, 0.15) is 11.4 Å². The van der Waals surface area contributed by atoms with Crippen LogP contribution in [0, 0.1) is 6.92 Å². The van der Waals surface area contributed by atoms with Gasteiger partial charge >= 0.3 is 6.09 Å². The number of anilines is 2. The summed E-state index contributed by atoms with van der Waals surface area (Å²) in [5.74, 6) is 0.880. The van der Waals surface area contributed by atoms with Crippen molar-refractivity contribution < 1.29 is 19.1 Å². The Morgan fingerprint density at radius 1 is 1.10 bits per heavy atom. The SMILES string of the molecule is CCOC(=O)N1CCN(c2nc(C)cc(C(=O)Nc3ccc(OC)cc3)n2)CC1. The van der Waals surface area contributed by atoms with E-state index in [1.807, 2.05) is 11.8 Å². The van der Waals surface area contributed by atoms with Crippen molar-refractivity contribution in [3.05, 3.63) is 41.7 Å². The number of rotatable bonds is 5. The molecule has 3 rings (SSSR count). The van der Waals surface area contributed by atoms with E-state index >= 15 is 0 Å². The second-order valence-corrected chi connectivity index (χ2v) is 6.55. The van der Waals surface area contributed by atoms with Gasteiger partial charge in [0, 0.05) is 37.6 Å². The van der Waals surface area contributed by atoms with Crippen molar-refractivity contribution in [2.75, 3.05) is 50.1 Å².